The molecule has 3 rings (SSSR count). The van der Waals surface area contributed by atoms with Crippen LogP contribution in [0.4, 0.5) is 5.69 Å². The van der Waals surface area contributed by atoms with Crippen LogP contribution in [0.25, 0.3) is 0 Å². The first kappa shape index (κ1) is 19.1. The van der Waals surface area contributed by atoms with Gasteiger partial charge in [-0.3, -0.25) is 4.79 Å². The number of fused-ring (bicyclic) bond motifs is 1. The van der Waals surface area contributed by atoms with Crippen molar-refractivity contribution in [3.8, 4) is 5.75 Å². The summed E-state index contributed by atoms with van der Waals surface area (Å²) < 4.78 is 33.7. The SMILES string of the molecule is CCCCC1Oc2ccc(S(=O)(=O)NC3CCC(O)CC3)cc2NC1=O. The molecule has 1 aliphatic heterocycles. The van der Waals surface area contributed by atoms with Crippen LogP contribution in [-0.2, 0) is 14.8 Å². The summed E-state index contributed by atoms with van der Waals surface area (Å²) in [5.41, 5.74) is 0.379. The highest BCUT2D eigenvalue weighted by molar-refractivity contribution is 7.89. The Labute approximate surface area is 154 Å². The normalized spacial score (nSPS) is 25.9. The number of benzene rings is 1. The number of rotatable bonds is 6. The zero-order valence-electron chi connectivity index (χ0n) is 14.9. The molecule has 1 atom stereocenters. The van der Waals surface area contributed by atoms with Crippen molar-refractivity contribution in [2.75, 3.05) is 5.32 Å². The number of hydrogen-bond acceptors (Lipinski definition) is 5. The van der Waals surface area contributed by atoms with Crippen molar-refractivity contribution in [2.24, 2.45) is 0 Å². The molecule has 7 nitrogen and oxygen atoms in total. The Balaban J connectivity index is 1.72. The van der Waals surface area contributed by atoms with Gasteiger partial charge in [-0.15, -0.1) is 0 Å². The number of anilines is 1. The van der Waals surface area contributed by atoms with E-state index in [1.54, 1.807) is 6.07 Å². The Bertz CT molecular complexity index is 757. The largest absolute Gasteiger partial charge is 0.478 e. The molecule has 0 saturated heterocycles. The first-order chi connectivity index (χ1) is 12.4. The Morgan fingerprint density at radius 1 is 1.27 bits per heavy atom. The molecule has 1 aliphatic carbocycles. The molecule has 26 heavy (non-hydrogen) atoms. The van der Waals surface area contributed by atoms with Gasteiger partial charge in [0.2, 0.25) is 10.0 Å². The van der Waals surface area contributed by atoms with Gasteiger partial charge in [-0.1, -0.05) is 13.3 Å². The van der Waals surface area contributed by atoms with E-state index in [1.807, 2.05) is 6.92 Å². The van der Waals surface area contributed by atoms with E-state index in [0.717, 1.165) is 12.8 Å². The summed E-state index contributed by atoms with van der Waals surface area (Å²) in [4.78, 5) is 12.2. The molecule has 1 fully saturated rings. The average Bonchev–Trinajstić information content (AvgIpc) is 2.61. The number of aliphatic hydroxyl groups excluding tert-OH is 1. The zero-order valence-corrected chi connectivity index (χ0v) is 15.7. The number of carbonyl (C=O) groups is 1. The summed E-state index contributed by atoms with van der Waals surface area (Å²) in [7, 11) is -3.69. The van der Waals surface area contributed by atoms with E-state index in [4.69, 9.17) is 4.74 Å². The highest BCUT2D eigenvalue weighted by atomic mass is 32.2. The quantitative estimate of drug-likeness (QED) is 0.699. The summed E-state index contributed by atoms with van der Waals surface area (Å²) in [5, 5.41) is 12.3. The second-order valence-corrected chi connectivity index (χ2v) is 8.74. The second-order valence-electron chi connectivity index (χ2n) is 7.02. The fourth-order valence-corrected chi connectivity index (χ4v) is 4.69. The lowest BCUT2D eigenvalue weighted by atomic mass is 9.94. The summed E-state index contributed by atoms with van der Waals surface area (Å²) in [5.74, 6) is 0.250. The molecule has 144 valence electrons. The van der Waals surface area contributed by atoms with Gasteiger partial charge in [0.15, 0.2) is 6.10 Å². The van der Waals surface area contributed by atoms with E-state index >= 15 is 0 Å². The van der Waals surface area contributed by atoms with E-state index in [9.17, 15) is 18.3 Å². The molecule has 0 bridgehead atoms. The van der Waals surface area contributed by atoms with Gasteiger partial charge in [-0.05, 0) is 56.7 Å². The smallest absolute Gasteiger partial charge is 0.265 e. The molecule has 2 aliphatic rings. The van der Waals surface area contributed by atoms with Crippen molar-refractivity contribution in [3.05, 3.63) is 18.2 Å². The van der Waals surface area contributed by atoms with Gasteiger partial charge in [-0.2, -0.15) is 0 Å². The molecular weight excluding hydrogens is 356 g/mol. The van der Waals surface area contributed by atoms with Crippen LogP contribution in [0.2, 0.25) is 0 Å². The summed E-state index contributed by atoms with van der Waals surface area (Å²) in [6.07, 6.45) is 4.05. The molecule has 1 unspecified atom stereocenters. The van der Waals surface area contributed by atoms with Gasteiger partial charge in [0.1, 0.15) is 5.75 Å². The molecule has 8 heteroatoms. The van der Waals surface area contributed by atoms with Gasteiger partial charge in [-0.25, -0.2) is 13.1 Å². The average molecular weight is 382 g/mol. The number of hydrogen-bond donors (Lipinski definition) is 3. The molecule has 3 N–H and O–H groups in total. The van der Waals surface area contributed by atoms with Crippen LogP contribution < -0.4 is 14.8 Å². The van der Waals surface area contributed by atoms with Gasteiger partial charge >= 0.3 is 0 Å². The summed E-state index contributed by atoms with van der Waals surface area (Å²) in [6, 6.07) is 4.34. The maximum Gasteiger partial charge on any atom is 0.265 e. The van der Waals surface area contributed by atoms with Crippen molar-refractivity contribution < 1.29 is 23.1 Å². The van der Waals surface area contributed by atoms with E-state index in [2.05, 4.69) is 10.0 Å². The lowest BCUT2D eigenvalue weighted by Crippen LogP contribution is -2.39. The highest BCUT2D eigenvalue weighted by Crippen LogP contribution is 2.33. The van der Waals surface area contributed by atoms with Crippen LogP contribution in [0.5, 0.6) is 5.75 Å². The number of amides is 1. The topological polar surface area (TPSA) is 105 Å². The molecule has 1 aromatic carbocycles. The lowest BCUT2D eigenvalue weighted by Gasteiger charge is -2.27. The van der Waals surface area contributed by atoms with Crippen molar-refractivity contribution in [1.82, 2.24) is 4.72 Å². The number of ether oxygens (including phenoxy) is 1. The second kappa shape index (κ2) is 7.94. The third-order valence-electron chi connectivity index (χ3n) is 4.92. The van der Waals surface area contributed by atoms with Crippen LogP contribution in [0, 0.1) is 0 Å². The Hall–Kier alpha value is -1.64. The first-order valence-corrected chi connectivity index (χ1v) is 10.7. The van der Waals surface area contributed by atoms with Crippen molar-refractivity contribution in [3.63, 3.8) is 0 Å². The number of nitrogens with one attached hydrogen (secondary N) is 2. The number of sulfonamides is 1. The molecule has 1 amide bonds. The molecule has 0 radical (unpaired) electrons. The molecular formula is C18H26N2O5S. The summed E-state index contributed by atoms with van der Waals surface area (Å²) >= 11 is 0. The van der Waals surface area contributed by atoms with Crippen molar-refractivity contribution in [2.45, 2.75) is 75.0 Å². The number of carbonyl (C=O) groups excluding carboxylic acids is 1. The minimum atomic E-state index is -3.69. The third-order valence-corrected chi connectivity index (χ3v) is 6.44. The van der Waals surface area contributed by atoms with Crippen LogP contribution in [0.15, 0.2) is 23.1 Å². The molecule has 0 spiro atoms. The number of aliphatic hydroxyl groups is 1. The molecule has 1 saturated carbocycles. The van der Waals surface area contributed by atoms with E-state index in [0.29, 0.717) is 43.5 Å². The fourth-order valence-electron chi connectivity index (χ4n) is 3.36. The lowest BCUT2D eigenvalue weighted by molar-refractivity contribution is -0.123. The van der Waals surface area contributed by atoms with Gasteiger partial charge in [0, 0.05) is 6.04 Å². The Morgan fingerprint density at radius 3 is 2.69 bits per heavy atom. The maximum absolute atomic E-state index is 12.6. The first-order valence-electron chi connectivity index (χ1n) is 9.21. The highest BCUT2D eigenvalue weighted by Gasteiger charge is 2.29. The summed E-state index contributed by atoms with van der Waals surface area (Å²) in [6.45, 7) is 2.05. The molecule has 1 heterocycles. The van der Waals surface area contributed by atoms with Gasteiger partial charge in [0.25, 0.3) is 5.91 Å². The van der Waals surface area contributed by atoms with E-state index in [1.165, 1.54) is 12.1 Å². The predicted octanol–water partition coefficient (Wildman–Crippen LogP) is 2.16. The van der Waals surface area contributed by atoms with Gasteiger partial charge < -0.3 is 15.2 Å². The van der Waals surface area contributed by atoms with Crippen molar-refractivity contribution in [1.29, 1.82) is 0 Å². The van der Waals surface area contributed by atoms with E-state index in [-0.39, 0.29) is 22.9 Å². The van der Waals surface area contributed by atoms with Crippen LogP contribution >= 0.6 is 0 Å². The van der Waals surface area contributed by atoms with Crippen LogP contribution in [-0.4, -0.2) is 37.7 Å². The van der Waals surface area contributed by atoms with Crippen LogP contribution in [0.3, 0.4) is 0 Å². The van der Waals surface area contributed by atoms with Crippen molar-refractivity contribution >= 4 is 21.6 Å². The molecule has 1 aromatic rings. The van der Waals surface area contributed by atoms with E-state index < -0.39 is 16.1 Å². The van der Waals surface area contributed by atoms with Gasteiger partial charge in [0.05, 0.1) is 16.7 Å². The monoisotopic (exact) mass is 382 g/mol. The standard InChI is InChI=1S/C18H26N2O5S/c1-2-3-4-17-18(22)19-15-11-14(9-10-16(15)25-17)26(23,24)20-12-5-7-13(21)8-6-12/h9-13,17,20-21H,2-8H2,1H3,(H,19,22). The third kappa shape index (κ3) is 4.36. The van der Waals surface area contributed by atoms with Crippen LogP contribution in [0.1, 0.15) is 51.9 Å². The Kier molecular flexibility index (Phi) is 5.84. The maximum atomic E-state index is 12.6. The minimum Gasteiger partial charge on any atom is -0.478 e. The fraction of sp³-hybridized carbons (Fsp3) is 0.611. The Morgan fingerprint density at radius 2 is 2.00 bits per heavy atom. The predicted molar refractivity (Wildman–Crippen MR) is 97.6 cm³/mol. The minimum absolute atomic E-state index is 0.0956. The number of unbranched alkanes of at least 4 members (excludes halogenated alkanes) is 1. The zero-order chi connectivity index (χ0) is 18.7. The molecule has 0 aromatic heterocycles.